The lowest BCUT2D eigenvalue weighted by Gasteiger charge is -2.50. The van der Waals surface area contributed by atoms with E-state index in [1.807, 2.05) is 13.8 Å². The smallest absolute Gasteiger partial charge is 0.411 e. The van der Waals surface area contributed by atoms with Crippen LogP contribution in [0.25, 0.3) is 0 Å². The maximum atomic E-state index is 13.7. The number of sulfonamides is 1. The molecule has 3 aliphatic rings. The summed E-state index contributed by atoms with van der Waals surface area (Å²) in [5, 5.41) is 11.3. The van der Waals surface area contributed by atoms with Crippen molar-refractivity contribution in [2.45, 2.75) is 75.8 Å². The van der Waals surface area contributed by atoms with E-state index in [2.05, 4.69) is 6.58 Å². The second kappa shape index (κ2) is 8.62. The summed E-state index contributed by atoms with van der Waals surface area (Å²) in [6, 6.07) is 6.67. The number of ether oxygens (including phenoxy) is 2. The largest absolute Gasteiger partial charge is 0.444 e. The van der Waals surface area contributed by atoms with E-state index in [9.17, 15) is 18.3 Å². The number of amides is 1. The molecule has 1 spiro atoms. The van der Waals surface area contributed by atoms with E-state index in [1.165, 1.54) is 4.31 Å². The van der Waals surface area contributed by atoms with Gasteiger partial charge in [0.25, 0.3) is 0 Å². The first-order valence-corrected chi connectivity index (χ1v) is 13.3. The minimum Gasteiger partial charge on any atom is -0.444 e. The molecular weight excluding hydrogens is 456 g/mol. The van der Waals surface area contributed by atoms with Crippen LogP contribution in [0, 0.1) is 18.8 Å². The maximum absolute atomic E-state index is 13.7. The molecule has 0 radical (unpaired) electrons. The quantitative estimate of drug-likeness (QED) is 0.648. The number of hydrogen-bond donors (Lipinski definition) is 1. The molecule has 1 N–H and O–H groups in total. The Bertz CT molecular complexity index is 1060. The number of likely N-dealkylation sites (tertiary alicyclic amines) is 1. The van der Waals surface area contributed by atoms with E-state index in [1.54, 1.807) is 49.9 Å². The molecule has 0 saturated carbocycles. The second-order valence-electron chi connectivity index (χ2n) is 10.9. The van der Waals surface area contributed by atoms with Crippen molar-refractivity contribution in [1.29, 1.82) is 0 Å². The molecular formula is C25H36N2O6S. The fraction of sp³-hybridized carbons (Fsp3) is 0.640. The third-order valence-electron chi connectivity index (χ3n) is 7.16. The molecule has 1 aromatic carbocycles. The lowest BCUT2D eigenvalue weighted by molar-refractivity contribution is -0.106. The highest BCUT2D eigenvalue weighted by Gasteiger charge is 2.71. The SMILES string of the molecule is C=C(C)C[C@H]1CN(C(=O)OC(C)(C)C)C23C(O)CO[C@@H]2N(S(=O)(=O)c2ccc(C)cc2)CC[C@@H]13. The highest BCUT2D eigenvalue weighted by atomic mass is 32.2. The fourth-order valence-corrected chi connectivity index (χ4v) is 7.49. The van der Waals surface area contributed by atoms with Gasteiger partial charge >= 0.3 is 6.09 Å². The Kier molecular flexibility index (Phi) is 6.38. The van der Waals surface area contributed by atoms with Crippen LogP contribution in [0.1, 0.15) is 46.1 Å². The molecule has 3 heterocycles. The van der Waals surface area contributed by atoms with Crippen molar-refractivity contribution in [3.8, 4) is 0 Å². The van der Waals surface area contributed by atoms with E-state index in [4.69, 9.17) is 9.47 Å². The number of carbonyl (C=O) groups is 1. The zero-order chi connectivity index (χ0) is 25.1. The van der Waals surface area contributed by atoms with Gasteiger partial charge in [-0.2, -0.15) is 4.31 Å². The van der Waals surface area contributed by atoms with Crippen molar-refractivity contribution in [2.24, 2.45) is 11.8 Å². The number of benzene rings is 1. The van der Waals surface area contributed by atoms with Gasteiger partial charge in [-0.1, -0.05) is 23.3 Å². The summed E-state index contributed by atoms with van der Waals surface area (Å²) in [5.41, 5.74) is -0.0295. The number of rotatable bonds is 4. The van der Waals surface area contributed by atoms with Crippen molar-refractivity contribution in [2.75, 3.05) is 19.7 Å². The minimum atomic E-state index is -3.92. The molecule has 0 aromatic heterocycles. The van der Waals surface area contributed by atoms with Gasteiger partial charge in [-0.25, -0.2) is 13.2 Å². The molecule has 34 heavy (non-hydrogen) atoms. The fourth-order valence-electron chi connectivity index (χ4n) is 5.92. The zero-order valence-corrected chi connectivity index (χ0v) is 21.5. The minimum absolute atomic E-state index is 0.0214. The summed E-state index contributed by atoms with van der Waals surface area (Å²) < 4.78 is 40.5. The van der Waals surface area contributed by atoms with E-state index in [-0.39, 0.29) is 29.9 Å². The number of aliphatic hydroxyl groups is 1. The van der Waals surface area contributed by atoms with Crippen molar-refractivity contribution in [1.82, 2.24) is 9.21 Å². The Morgan fingerprint density at radius 1 is 1.29 bits per heavy atom. The Morgan fingerprint density at radius 2 is 1.94 bits per heavy atom. The van der Waals surface area contributed by atoms with Crippen LogP contribution in [0.3, 0.4) is 0 Å². The number of allylic oxidation sites excluding steroid dienone is 1. The summed E-state index contributed by atoms with van der Waals surface area (Å²) in [6.07, 6.45) is -1.43. The van der Waals surface area contributed by atoms with Gasteiger partial charge in [-0.05, 0) is 71.4 Å². The molecule has 8 nitrogen and oxygen atoms in total. The summed E-state index contributed by atoms with van der Waals surface area (Å²) in [7, 11) is -3.92. The molecule has 9 heteroatoms. The maximum Gasteiger partial charge on any atom is 0.411 e. The van der Waals surface area contributed by atoms with E-state index < -0.39 is 39.6 Å². The van der Waals surface area contributed by atoms with Crippen molar-refractivity contribution in [3.05, 3.63) is 42.0 Å². The molecule has 3 aliphatic heterocycles. The number of hydrogen-bond acceptors (Lipinski definition) is 6. The molecule has 2 unspecified atom stereocenters. The first-order chi connectivity index (χ1) is 15.8. The summed E-state index contributed by atoms with van der Waals surface area (Å²) in [5.74, 6) is -0.128. The molecule has 3 fully saturated rings. The predicted octanol–water partition coefficient (Wildman–Crippen LogP) is 3.29. The molecule has 5 atom stereocenters. The Hall–Kier alpha value is -1.94. The molecule has 3 saturated heterocycles. The van der Waals surface area contributed by atoms with Gasteiger partial charge in [-0.3, -0.25) is 4.90 Å². The Balaban J connectivity index is 1.79. The van der Waals surface area contributed by atoms with Crippen LogP contribution in [0.2, 0.25) is 0 Å². The average molecular weight is 493 g/mol. The molecule has 188 valence electrons. The summed E-state index contributed by atoms with van der Waals surface area (Å²) in [4.78, 5) is 15.2. The van der Waals surface area contributed by atoms with E-state index >= 15 is 0 Å². The van der Waals surface area contributed by atoms with Crippen LogP contribution in [-0.2, 0) is 19.5 Å². The standard InChI is InChI=1S/C25H36N2O6S/c1-16(2)13-18-14-26(23(29)33-24(4,5)6)25-20(18)11-12-27(22(25)32-15-21(25)28)34(30,31)19-9-7-17(3)8-10-19/h7-10,18,20-22,28H,1,11-15H2,2-6H3/t18-,20-,21?,22-,25?/m0/s1. The summed E-state index contributed by atoms with van der Waals surface area (Å²) >= 11 is 0. The van der Waals surface area contributed by atoms with Crippen LogP contribution in [0.4, 0.5) is 4.79 Å². The third-order valence-corrected chi connectivity index (χ3v) is 9.02. The highest BCUT2D eigenvalue weighted by Crippen LogP contribution is 2.55. The number of piperidine rings is 1. The van der Waals surface area contributed by atoms with Crippen LogP contribution in [0.15, 0.2) is 41.3 Å². The van der Waals surface area contributed by atoms with Gasteiger partial charge < -0.3 is 14.6 Å². The van der Waals surface area contributed by atoms with Crippen LogP contribution >= 0.6 is 0 Å². The van der Waals surface area contributed by atoms with Crippen LogP contribution < -0.4 is 0 Å². The van der Waals surface area contributed by atoms with E-state index in [0.717, 1.165) is 11.1 Å². The van der Waals surface area contributed by atoms with Crippen molar-refractivity contribution < 1.29 is 27.8 Å². The van der Waals surface area contributed by atoms with E-state index in [0.29, 0.717) is 19.4 Å². The lowest BCUT2D eigenvalue weighted by atomic mass is 9.71. The number of carbonyl (C=O) groups excluding carboxylic acids is 1. The van der Waals surface area contributed by atoms with Gasteiger partial charge in [0.15, 0.2) is 6.23 Å². The molecule has 1 amide bonds. The second-order valence-corrected chi connectivity index (χ2v) is 12.8. The van der Waals surface area contributed by atoms with Gasteiger partial charge in [0.1, 0.15) is 17.2 Å². The van der Waals surface area contributed by atoms with Gasteiger partial charge in [0.2, 0.25) is 10.0 Å². The Morgan fingerprint density at radius 3 is 2.53 bits per heavy atom. The van der Waals surface area contributed by atoms with Gasteiger partial charge in [-0.15, -0.1) is 6.58 Å². The van der Waals surface area contributed by atoms with Gasteiger partial charge in [0.05, 0.1) is 11.5 Å². The highest BCUT2D eigenvalue weighted by molar-refractivity contribution is 7.89. The topological polar surface area (TPSA) is 96.4 Å². The lowest BCUT2D eigenvalue weighted by Crippen LogP contribution is -2.70. The number of aryl methyl sites for hydroxylation is 1. The predicted molar refractivity (Wildman–Crippen MR) is 128 cm³/mol. The normalized spacial score (nSPS) is 31.8. The van der Waals surface area contributed by atoms with Crippen molar-refractivity contribution >= 4 is 16.1 Å². The molecule has 1 aromatic rings. The molecule has 0 aliphatic carbocycles. The Labute approximate surface area is 202 Å². The first-order valence-electron chi connectivity index (χ1n) is 11.8. The molecule has 0 bridgehead atoms. The van der Waals surface area contributed by atoms with Crippen LogP contribution in [0.5, 0.6) is 0 Å². The third kappa shape index (κ3) is 4.06. The number of aliphatic hydroxyl groups excluding tert-OH is 1. The molecule has 4 rings (SSSR count). The van der Waals surface area contributed by atoms with Gasteiger partial charge in [0, 0.05) is 13.1 Å². The first kappa shape index (κ1) is 25.2. The zero-order valence-electron chi connectivity index (χ0n) is 20.7. The van der Waals surface area contributed by atoms with Crippen molar-refractivity contribution in [3.63, 3.8) is 0 Å². The average Bonchev–Trinajstić information content (AvgIpc) is 3.23. The van der Waals surface area contributed by atoms with Crippen LogP contribution in [-0.4, -0.2) is 72.0 Å². The summed E-state index contributed by atoms with van der Waals surface area (Å²) in [6.45, 7) is 13.8. The monoisotopic (exact) mass is 492 g/mol. The number of nitrogens with zero attached hydrogens (tertiary/aromatic N) is 2.